The van der Waals surface area contributed by atoms with Crippen molar-refractivity contribution in [2.45, 2.75) is 64.2 Å². The third-order valence-corrected chi connectivity index (χ3v) is 6.57. The lowest BCUT2D eigenvalue weighted by Crippen LogP contribution is -2.48. The quantitative estimate of drug-likeness (QED) is 0.810. The highest BCUT2D eigenvalue weighted by molar-refractivity contribution is 7.92. The Morgan fingerprint density at radius 2 is 1.94 bits per heavy atom. The first-order valence-electron chi connectivity index (χ1n) is 7.29. The van der Waals surface area contributed by atoms with Crippen LogP contribution in [0.25, 0.3) is 0 Å². The van der Waals surface area contributed by atoms with Gasteiger partial charge in [-0.15, -0.1) is 0 Å². The van der Waals surface area contributed by atoms with Crippen molar-refractivity contribution in [3.05, 3.63) is 0 Å². The van der Waals surface area contributed by atoms with Gasteiger partial charge < -0.3 is 5.32 Å². The topological polar surface area (TPSA) is 46.2 Å². The van der Waals surface area contributed by atoms with Crippen molar-refractivity contribution >= 4 is 9.84 Å². The molecule has 1 N–H and O–H groups in total. The van der Waals surface area contributed by atoms with E-state index in [1.165, 1.54) is 12.8 Å². The van der Waals surface area contributed by atoms with Gasteiger partial charge in [-0.2, -0.15) is 0 Å². The molecule has 3 atom stereocenters. The Morgan fingerprint density at radius 1 is 1.28 bits per heavy atom. The molecule has 0 spiro atoms. The second kappa shape index (κ2) is 6.90. The van der Waals surface area contributed by atoms with E-state index in [2.05, 4.69) is 12.2 Å². The molecule has 0 radical (unpaired) electrons. The average molecular weight is 275 g/mol. The molecule has 3 unspecified atom stereocenters. The molecule has 0 aromatic carbocycles. The predicted octanol–water partition coefficient (Wildman–Crippen LogP) is 2.61. The Bertz CT molecular complexity index is 338. The molecule has 4 heteroatoms. The molecule has 0 bridgehead atoms. The Balaban J connectivity index is 2.79. The summed E-state index contributed by atoms with van der Waals surface area (Å²) in [5.41, 5.74) is 0. The maximum absolute atomic E-state index is 12.5. The number of rotatable bonds is 6. The lowest BCUT2D eigenvalue weighted by atomic mass is 9.83. The van der Waals surface area contributed by atoms with Crippen LogP contribution in [0.5, 0.6) is 0 Å². The molecule has 0 aliphatic heterocycles. The van der Waals surface area contributed by atoms with E-state index < -0.39 is 9.84 Å². The summed E-state index contributed by atoms with van der Waals surface area (Å²) in [6.07, 6.45) is 5.36. The first-order valence-corrected chi connectivity index (χ1v) is 9.01. The van der Waals surface area contributed by atoms with Gasteiger partial charge in [-0.05, 0) is 38.1 Å². The van der Waals surface area contributed by atoms with E-state index in [0.717, 1.165) is 19.3 Å². The zero-order chi connectivity index (χ0) is 13.8. The molecule has 0 aromatic rings. The van der Waals surface area contributed by atoms with Gasteiger partial charge in [0, 0.05) is 6.04 Å². The fourth-order valence-corrected chi connectivity index (χ4v) is 5.71. The van der Waals surface area contributed by atoms with Crippen LogP contribution in [0.3, 0.4) is 0 Å². The predicted molar refractivity (Wildman–Crippen MR) is 77.5 cm³/mol. The summed E-state index contributed by atoms with van der Waals surface area (Å²) in [5, 5.41) is 3.05. The van der Waals surface area contributed by atoms with Crippen LogP contribution in [0.15, 0.2) is 0 Å². The minimum absolute atomic E-state index is 0.154. The van der Waals surface area contributed by atoms with Crippen molar-refractivity contribution in [3.8, 4) is 0 Å². The van der Waals surface area contributed by atoms with Crippen molar-refractivity contribution in [1.82, 2.24) is 5.32 Å². The third-order valence-electron chi connectivity index (χ3n) is 3.99. The van der Waals surface area contributed by atoms with Crippen LogP contribution in [-0.4, -0.2) is 32.5 Å². The first kappa shape index (κ1) is 16.0. The Labute approximate surface area is 113 Å². The molecule has 1 aliphatic rings. The molecule has 0 aromatic heterocycles. The molecule has 1 rings (SSSR count). The van der Waals surface area contributed by atoms with Gasteiger partial charge in [0.05, 0.1) is 11.0 Å². The van der Waals surface area contributed by atoms with E-state index in [9.17, 15) is 8.42 Å². The number of hydrogen-bond acceptors (Lipinski definition) is 3. The van der Waals surface area contributed by atoms with Crippen LogP contribution in [0.2, 0.25) is 0 Å². The maximum Gasteiger partial charge on any atom is 0.154 e. The van der Waals surface area contributed by atoms with Gasteiger partial charge in [-0.25, -0.2) is 8.42 Å². The van der Waals surface area contributed by atoms with Crippen molar-refractivity contribution in [1.29, 1.82) is 0 Å². The highest BCUT2D eigenvalue weighted by atomic mass is 32.2. The van der Waals surface area contributed by atoms with Crippen molar-refractivity contribution < 1.29 is 8.42 Å². The summed E-state index contributed by atoms with van der Waals surface area (Å²) in [7, 11) is -1.07. The summed E-state index contributed by atoms with van der Waals surface area (Å²) in [6.45, 7) is 6.15. The molecular weight excluding hydrogens is 246 g/mol. The van der Waals surface area contributed by atoms with E-state index in [1.807, 2.05) is 20.9 Å². The van der Waals surface area contributed by atoms with Crippen molar-refractivity contribution in [2.75, 3.05) is 12.8 Å². The molecule has 0 heterocycles. The lowest BCUT2D eigenvalue weighted by Gasteiger charge is -2.36. The molecule has 0 amide bonds. The van der Waals surface area contributed by atoms with E-state index in [-0.39, 0.29) is 17.2 Å². The fraction of sp³-hybridized carbons (Fsp3) is 1.00. The third kappa shape index (κ3) is 4.23. The van der Waals surface area contributed by atoms with Gasteiger partial charge in [0.2, 0.25) is 0 Å². The summed E-state index contributed by atoms with van der Waals surface area (Å²) in [5.74, 6) is 1.15. The smallest absolute Gasteiger partial charge is 0.154 e. The summed E-state index contributed by atoms with van der Waals surface area (Å²) >= 11 is 0. The highest BCUT2D eigenvalue weighted by Crippen LogP contribution is 2.32. The normalized spacial score (nSPS) is 29.7. The van der Waals surface area contributed by atoms with E-state index >= 15 is 0 Å². The monoisotopic (exact) mass is 275 g/mol. The molecule has 1 saturated carbocycles. The molecule has 1 fully saturated rings. The van der Waals surface area contributed by atoms with Crippen molar-refractivity contribution in [3.63, 3.8) is 0 Å². The van der Waals surface area contributed by atoms with E-state index in [0.29, 0.717) is 11.7 Å². The number of nitrogens with one attached hydrogen (secondary N) is 1. The highest BCUT2D eigenvalue weighted by Gasteiger charge is 2.37. The molecule has 3 nitrogen and oxygen atoms in total. The first-order chi connectivity index (χ1) is 8.40. The minimum Gasteiger partial charge on any atom is -0.316 e. The minimum atomic E-state index is -2.96. The van der Waals surface area contributed by atoms with Crippen LogP contribution in [0, 0.1) is 11.8 Å². The van der Waals surface area contributed by atoms with Gasteiger partial charge in [0.1, 0.15) is 0 Å². The molecule has 0 saturated heterocycles. The van der Waals surface area contributed by atoms with Crippen molar-refractivity contribution in [2.24, 2.45) is 11.8 Å². The van der Waals surface area contributed by atoms with Crippen LogP contribution < -0.4 is 5.32 Å². The van der Waals surface area contributed by atoms with Gasteiger partial charge in [0.15, 0.2) is 9.84 Å². The van der Waals surface area contributed by atoms with Crippen LogP contribution >= 0.6 is 0 Å². The molecule has 108 valence electrons. The number of hydrogen-bond donors (Lipinski definition) is 1. The summed E-state index contributed by atoms with van der Waals surface area (Å²) < 4.78 is 25.0. The molecular formula is C14H29NO2S. The lowest BCUT2D eigenvalue weighted by molar-refractivity contribution is 0.287. The van der Waals surface area contributed by atoms with E-state index in [4.69, 9.17) is 0 Å². The average Bonchev–Trinajstić information content (AvgIpc) is 2.27. The standard InChI is InChI=1S/C14H29NO2S/c1-5-6-12-7-8-13(15-4)14(9-12)18(16,17)10-11(2)3/h11-15H,5-10H2,1-4H3. The van der Waals surface area contributed by atoms with Gasteiger partial charge in [-0.3, -0.25) is 0 Å². The second-order valence-electron chi connectivity index (χ2n) is 6.12. The Kier molecular flexibility index (Phi) is 6.12. The van der Waals surface area contributed by atoms with Crippen LogP contribution in [-0.2, 0) is 9.84 Å². The van der Waals surface area contributed by atoms with Gasteiger partial charge in [-0.1, -0.05) is 33.6 Å². The SMILES string of the molecule is CCCC1CCC(NC)C(S(=O)(=O)CC(C)C)C1. The zero-order valence-corrected chi connectivity index (χ0v) is 13.1. The number of sulfone groups is 1. The van der Waals surface area contributed by atoms with Crippen LogP contribution in [0.1, 0.15) is 52.9 Å². The summed E-state index contributed by atoms with van der Waals surface area (Å²) in [6, 6.07) is 0.154. The largest absolute Gasteiger partial charge is 0.316 e. The maximum atomic E-state index is 12.5. The Morgan fingerprint density at radius 3 is 2.44 bits per heavy atom. The second-order valence-corrected chi connectivity index (χ2v) is 8.39. The van der Waals surface area contributed by atoms with Gasteiger partial charge >= 0.3 is 0 Å². The summed E-state index contributed by atoms with van der Waals surface area (Å²) in [4.78, 5) is 0. The van der Waals surface area contributed by atoms with Gasteiger partial charge in [0.25, 0.3) is 0 Å². The molecule has 18 heavy (non-hydrogen) atoms. The molecule has 1 aliphatic carbocycles. The van der Waals surface area contributed by atoms with Crippen LogP contribution in [0.4, 0.5) is 0 Å². The fourth-order valence-electron chi connectivity index (χ4n) is 3.20. The zero-order valence-electron chi connectivity index (χ0n) is 12.3. The van der Waals surface area contributed by atoms with E-state index in [1.54, 1.807) is 0 Å². The Hall–Kier alpha value is -0.0900.